The van der Waals surface area contributed by atoms with Crippen LogP contribution in [0.15, 0.2) is 0 Å². The standard InChI is InChI=1S/C3H8O3S.Na.H2S/c1-2-3-7(4,5)6;;/h2-3H2,1H3,(H,4,5,6);;1H2. The van der Waals surface area contributed by atoms with Crippen LogP contribution in [0.4, 0.5) is 0 Å². The summed E-state index contributed by atoms with van der Waals surface area (Å²) in [4.78, 5) is 0. The van der Waals surface area contributed by atoms with E-state index in [4.69, 9.17) is 4.55 Å². The molecule has 0 heterocycles. The van der Waals surface area contributed by atoms with Gasteiger partial charge in [-0.2, -0.15) is 21.9 Å². The third-order valence-corrected chi connectivity index (χ3v) is 1.39. The summed E-state index contributed by atoms with van der Waals surface area (Å²) < 4.78 is 27.6. The molecule has 0 saturated heterocycles. The summed E-state index contributed by atoms with van der Waals surface area (Å²) in [7, 11) is -3.67. The summed E-state index contributed by atoms with van der Waals surface area (Å²) in [5.41, 5.74) is 0. The molecule has 0 rings (SSSR count). The predicted molar refractivity (Wildman–Crippen MR) is 42.8 cm³/mol. The summed E-state index contributed by atoms with van der Waals surface area (Å²) >= 11 is 0. The van der Waals surface area contributed by atoms with Crippen molar-refractivity contribution < 1.29 is 13.0 Å². The van der Waals surface area contributed by atoms with Crippen molar-refractivity contribution >= 4 is 53.2 Å². The summed E-state index contributed by atoms with van der Waals surface area (Å²) in [5, 5.41) is 0. The quantitative estimate of drug-likeness (QED) is 0.482. The molecule has 1 N–H and O–H groups in total. The molecule has 0 fully saturated rings. The second-order valence-electron chi connectivity index (χ2n) is 1.29. The molecule has 53 valence electrons. The van der Waals surface area contributed by atoms with Crippen molar-refractivity contribution in [3.63, 3.8) is 0 Å². The molecule has 0 aromatic rings. The topological polar surface area (TPSA) is 54.4 Å². The van der Waals surface area contributed by atoms with Crippen molar-refractivity contribution in [3.8, 4) is 0 Å². The number of hydrogen-bond acceptors (Lipinski definition) is 2. The Labute approximate surface area is 84.7 Å². The van der Waals surface area contributed by atoms with Crippen LogP contribution in [0.1, 0.15) is 13.3 Å². The molecule has 0 aliphatic heterocycles. The first-order valence-electron chi connectivity index (χ1n) is 2.01. The van der Waals surface area contributed by atoms with E-state index in [1.165, 1.54) is 0 Å². The third-order valence-electron chi connectivity index (χ3n) is 0.462. The van der Waals surface area contributed by atoms with Crippen LogP contribution in [0.3, 0.4) is 0 Å². The van der Waals surface area contributed by atoms with Crippen molar-refractivity contribution in [3.05, 3.63) is 0 Å². The molecule has 0 amide bonds. The van der Waals surface area contributed by atoms with E-state index < -0.39 is 10.1 Å². The minimum atomic E-state index is -3.67. The van der Waals surface area contributed by atoms with Gasteiger partial charge in [0, 0.05) is 29.6 Å². The SMILES string of the molecule is CCCS(=O)(=O)O.S.[Na]. The van der Waals surface area contributed by atoms with Gasteiger partial charge in [-0.1, -0.05) is 6.92 Å². The average Bonchev–Trinajstić information content (AvgIpc) is 1.30. The van der Waals surface area contributed by atoms with Crippen molar-refractivity contribution in [1.82, 2.24) is 0 Å². The Bertz CT molecular complexity index is 130. The van der Waals surface area contributed by atoms with Gasteiger partial charge in [0.05, 0.1) is 5.75 Å². The zero-order valence-corrected chi connectivity index (χ0v) is 9.40. The first-order valence-corrected chi connectivity index (χ1v) is 3.62. The van der Waals surface area contributed by atoms with Gasteiger partial charge < -0.3 is 0 Å². The molecule has 0 atom stereocenters. The number of hydrogen-bond donors (Lipinski definition) is 1. The maximum absolute atomic E-state index is 9.79. The molecule has 3 nitrogen and oxygen atoms in total. The Hall–Kier alpha value is 1.26. The van der Waals surface area contributed by atoms with Crippen LogP contribution >= 0.6 is 13.5 Å². The van der Waals surface area contributed by atoms with E-state index in [-0.39, 0.29) is 48.8 Å². The summed E-state index contributed by atoms with van der Waals surface area (Å²) in [6.07, 6.45) is 0.471. The predicted octanol–water partition coefficient (Wildman–Crippen LogP) is 0.0162. The van der Waals surface area contributed by atoms with Crippen LogP contribution in [0.25, 0.3) is 0 Å². The monoisotopic (exact) mass is 181 g/mol. The van der Waals surface area contributed by atoms with Crippen LogP contribution in [-0.4, -0.2) is 48.3 Å². The van der Waals surface area contributed by atoms with Gasteiger partial charge >= 0.3 is 0 Å². The largest absolute Gasteiger partial charge is 0.286 e. The van der Waals surface area contributed by atoms with Gasteiger partial charge in [0.25, 0.3) is 10.1 Å². The Morgan fingerprint density at radius 3 is 1.78 bits per heavy atom. The molecule has 0 spiro atoms. The van der Waals surface area contributed by atoms with E-state index in [0.717, 1.165) is 0 Å². The molecule has 0 aliphatic rings. The molecule has 9 heavy (non-hydrogen) atoms. The van der Waals surface area contributed by atoms with E-state index in [1.54, 1.807) is 6.92 Å². The average molecular weight is 181 g/mol. The van der Waals surface area contributed by atoms with Gasteiger partial charge in [0.2, 0.25) is 0 Å². The van der Waals surface area contributed by atoms with Gasteiger partial charge in [0.1, 0.15) is 0 Å². The van der Waals surface area contributed by atoms with Gasteiger partial charge in [-0.3, -0.25) is 4.55 Å². The van der Waals surface area contributed by atoms with Gasteiger partial charge in [-0.05, 0) is 6.42 Å². The minimum absolute atomic E-state index is 0. The molecular weight excluding hydrogens is 171 g/mol. The fourth-order valence-electron chi connectivity index (χ4n) is 0.258. The Balaban J connectivity index is -0.000000180. The fourth-order valence-corrected chi connectivity index (χ4v) is 0.774. The second kappa shape index (κ2) is 7.37. The molecule has 0 bridgehead atoms. The maximum Gasteiger partial charge on any atom is 0.264 e. The van der Waals surface area contributed by atoms with Crippen LogP contribution in [0.2, 0.25) is 0 Å². The van der Waals surface area contributed by atoms with Crippen LogP contribution in [0, 0.1) is 0 Å². The summed E-state index contributed by atoms with van der Waals surface area (Å²) in [5.74, 6) is -0.132. The van der Waals surface area contributed by atoms with Crippen molar-refractivity contribution in [2.24, 2.45) is 0 Å². The second-order valence-corrected chi connectivity index (χ2v) is 2.86. The summed E-state index contributed by atoms with van der Waals surface area (Å²) in [6, 6.07) is 0. The zero-order chi connectivity index (χ0) is 5.91. The normalized spacial score (nSPS) is 9.11. The molecule has 0 saturated carbocycles. The van der Waals surface area contributed by atoms with Gasteiger partial charge in [0.15, 0.2) is 0 Å². The van der Waals surface area contributed by atoms with E-state index in [2.05, 4.69) is 0 Å². The van der Waals surface area contributed by atoms with E-state index in [1.807, 2.05) is 0 Å². The van der Waals surface area contributed by atoms with Crippen molar-refractivity contribution in [2.75, 3.05) is 5.75 Å². The maximum atomic E-state index is 9.79. The van der Waals surface area contributed by atoms with Crippen molar-refractivity contribution in [1.29, 1.82) is 0 Å². The third kappa shape index (κ3) is 17.6. The first-order chi connectivity index (χ1) is 3.06. The van der Waals surface area contributed by atoms with Crippen LogP contribution in [-0.2, 0) is 10.1 Å². The smallest absolute Gasteiger partial charge is 0.264 e. The Kier molecular flexibility index (Phi) is 13.7. The molecule has 0 unspecified atom stereocenters. The minimum Gasteiger partial charge on any atom is -0.286 e. The molecular formula is C3H10NaO3S2. The fraction of sp³-hybridized carbons (Fsp3) is 1.00. The number of rotatable bonds is 2. The van der Waals surface area contributed by atoms with E-state index in [0.29, 0.717) is 6.42 Å². The van der Waals surface area contributed by atoms with Gasteiger partial charge in [-0.25, -0.2) is 0 Å². The van der Waals surface area contributed by atoms with Crippen LogP contribution < -0.4 is 0 Å². The van der Waals surface area contributed by atoms with Crippen LogP contribution in [0.5, 0.6) is 0 Å². The van der Waals surface area contributed by atoms with E-state index >= 15 is 0 Å². The summed E-state index contributed by atoms with van der Waals surface area (Å²) in [6.45, 7) is 1.69. The molecule has 1 radical (unpaired) electrons. The molecule has 0 aromatic heterocycles. The molecule has 0 aromatic carbocycles. The zero-order valence-electron chi connectivity index (χ0n) is 5.59. The van der Waals surface area contributed by atoms with Gasteiger partial charge in [-0.15, -0.1) is 0 Å². The van der Waals surface area contributed by atoms with Crippen molar-refractivity contribution in [2.45, 2.75) is 13.3 Å². The van der Waals surface area contributed by atoms with E-state index in [9.17, 15) is 8.42 Å². The Morgan fingerprint density at radius 1 is 1.44 bits per heavy atom. The molecule has 0 aliphatic carbocycles. The molecule has 6 heteroatoms. The Morgan fingerprint density at radius 2 is 1.78 bits per heavy atom. The first kappa shape index (κ1) is 16.7.